The maximum Gasteiger partial charge on any atom is 0.274 e. The van der Waals surface area contributed by atoms with Crippen LogP contribution in [0.3, 0.4) is 0 Å². The molecule has 7 nitrogen and oxygen atoms in total. The van der Waals surface area contributed by atoms with Crippen LogP contribution in [-0.4, -0.2) is 17.7 Å². The fourth-order valence-corrected chi connectivity index (χ4v) is 2.65. The summed E-state index contributed by atoms with van der Waals surface area (Å²) in [5.41, 5.74) is 2.66. The average molecular weight is 358 g/mol. The van der Waals surface area contributed by atoms with E-state index < -0.39 is 0 Å². The number of rotatable bonds is 4. The van der Waals surface area contributed by atoms with E-state index in [9.17, 15) is 10.1 Å². The van der Waals surface area contributed by atoms with Gasteiger partial charge in [0.15, 0.2) is 11.5 Å². The molecule has 4 rings (SSSR count). The van der Waals surface area contributed by atoms with Gasteiger partial charge in [-0.1, -0.05) is 12.1 Å². The van der Waals surface area contributed by atoms with Gasteiger partial charge in [0.05, 0.1) is 11.3 Å². The van der Waals surface area contributed by atoms with Crippen molar-refractivity contribution in [3.63, 3.8) is 0 Å². The Morgan fingerprint density at radius 1 is 1.04 bits per heavy atom. The van der Waals surface area contributed by atoms with E-state index in [0.29, 0.717) is 34.1 Å². The molecule has 1 amide bonds. The smallest absolute Gasteiger partial charge is 0.274 e. The summed E-state index contributed by atoms with van der Waals surface area (Å²) >= 11 is 0. The minimum Gasteiger partial charge on any atom is -0.454 e. The number of para-hydroxylation sites is 1. The van der Waals surface area contributed by atoms with Crippen LogP contribution >= 0.6 is 0 Å². The molecule has 2 N–H and O–H groups in total. The molecule has 0 aliphatic carbocycles. The van der Waals surface area contributed by atoms with E-state index in [1.807, 2.05) is 6.07 Å². The Morgan fingerprint density at radius 2 is 1.89 bits per heavy atom. The Kier molecular flexibility index (Phi) is 4.29. The van der Waals surface area contributed by atoms with Crippen molar-refractivity contribution >= 4 is 23.0 Å². The number of pyridine rings is 1. The van der Waals surface area contributed by atoms with Crippen molar-refractivity contribution in [2.45, 2.75) is 0 Å². The van der Waals surface area contributed by atoms with Crippen LogP contribution in [-0.2, 0) is 0 Å². The topological polar surface area (TPSA) is 96.3 Å². The van der Waals surface area contributed by atoms with Gasteiger partial charge in [-0.05, 0) is 36.4 Å². The van der Waals surface area contributed by atoms with Crippen molar-refractivity contribution in [2.24, 2.45) is 0 Å². The largest absolute Gasteiger partial charge is 0.454 e. The summed E-state index contributed by atoms with van der Waals surface area (Å²) in [7, 11) is 0. The van der Waals surface area contributed by atoms with Crippen LogP contribution in [0.5, 0.6) is 11.5 Å². The predicted molar refractivity (Wildman–Crippen MR) is 99.2 cm³/mol. The predicted octanol–water partition coefficient (Wildman–Crippen LogP) is 3.68. The zero-order valence-corrected chi connectivity index (χ0v) is 14.1. The van der Waals surface area contributed by atoms with Gasteiger partial charge in [-0.3, -0.25) is 9.78 Å². The van der Waals surface area contributed by atoms with Gasteiger partial charge < -0.3 is 20.1 Å². The van der Waals surface area contributed by atoms with Crippen molar-refractivity contribution in [3.8, 4) is 17.6 Å². The van der Waals surface area contributed by atoms with Gasteiger partial charge in [-0.25, -0.2) is 0 Å². The first kappa shape index (κ1) is 16.4. The lowest BCUT2D eigenvalue weighted by Gasteiger charge is -2.10. The fourth-order valence-electron chi connectivity index (χ4n) is 2.65. The van der Waals surface area contributed by atoms with Crippen molar-refractivity contribution < 1.29 is 14.3 Å². The van der Waals surface area contributed by atoms with E-state index in [1.165, 1.54) is 6.20 Å². The van der Waals surface area contributed by atoms with Gasteiger partial charge in [0.25, 0.3) is 5.91 Å². The minimum atomic E-state index is -0.355. The molecule has 0 atom stereocenters. The molecular formula is C20H14N4O3. The first-order chi connectivity index (χ1) is 13.2. The molecule has 0 radical (unpaired) electrons. The number of nitrogens with one attached hydrogen (secondary N) is 2. The molecule has 132 valence electrons. The number of hydrogen-bond donors (Lipinski definition) is 2. The van der Waals surface area contributed by atoms with E-state index in [1.54, 1.807) is 48.5 Å². The number of hydrogen-bond acceptors (Lipinski definition) is 6. The van der Waals surface area contributed by atoms with Gasteiger partial charge in [-0.15, -0.1) is 0 Å². The normalized spacial score (nSPS) is 11.5. The molecule has 27 heavy (non-hydrogen) atoms. The molecule has 1 aromatic heterocycles. The molecule has 7 heteroatoms. The summed E-state index contributed by atoms with van der Waals surface area (Å²) in [5.74, 6) is 0.879. The number of aromatic nitrogens is 1. The van der Waals surface area contributed by atoms with Crippen LogP contribution < -0.4 is 20.1 Å². The highest BCUT2D eigenvalue weighted by atomic mass is 16.7. The van der Waals surface area contributed by atoms with Gasteiger partial charge in [0.2, 0.25) is 6.79 Å². The first-order valence-corrected chi connectivity index (χ1v) is 8.16. The number of amides is 1. The number of anilines is 3. The van der Waals surface area contributed by atoms with Crippen LogP contribution in [0.1, 0.15) is 16.1 Å². The van der Waals surface area contributed by atoms with Gasteiger partial charge in [0, 0.05) is 23.6 Å². The Labute approximate surface area is 155 Å². The van der Waals surface area contributed by atoms with E-state index >= 15 is 0 Å². The van der Waals surface area contributed by atoms with Crippen molar-refractivity contribution in [2.75, 3.05) is 17.4 Å². The molecule has 0 unspecified atom stereocenters. The summed E-state index contributed by atoms with van der Waals surface area (Å²) in [6.45, 7) is 0.173. The molecule has 1 aliphatic rings. The Balaban J connectivity index is 1.52. The fraction of sp³-hybridized carbons (Fsp3) is 0.0500. The summed E-state index contributed by atoms with van der Waals surface area (Å²) in [6.07, 6.45) is 1.53. The molecular weight excluding hydrogens is 344 g/mol. The number of fused-ring (bicyclic) bond motifs is 1. The number of nitrogens with zero attached hydrogens (tertiary/aromatic N) is 2. The third-order valence-electron chi connectivity index (χ3n) is 3.95. The molecule has 3 aromatic rings. The number of ether oxygens (including phenoxy) is 2. The van der Waals surface area contributed by atoms with Crippen LogP contribution in [0.2, 0.25) is 0 Å². The van der Waals surface area contributed by atoms with Crippen LogP contribution in [0.15, 0.2) is 60.8 Å². The van der Waals surface area contributed by atoms with Crippen molar-refractivity contribution in [1.82, 2.24) is 4.98 Å². The summed E-state index contributed by atoms with van der Waals surface area (Å²) in [4.78, 5) is 16.6. The Hall–Kier alpha value is -4.05. The number of benzene rings is 2. The highest BCUT2D eigenvalue weighted by Crippen LogP contribution is 2.34. The molecule has 0 saturated carbocycles. The quantitative estimate of drug-likeness (QED) is 0.738. The third kappa shape index (κ3) is 3.50. The Morgan fingerprint density at radius 3 is 2.78 bits per heavy atom. The second-order valence-corrected chi connectivity index (χ2v) is 5.73. The van der Waals surface area contributed by atoms with Crippen LogP contribution in [0, 0.1) is 11.3 Å². The lowest BCUT2D eigenvalue weighted by molar-refractivity contribution is 0.102. The summed E-state index contributed by atoms with van der Waals surface area (Å²) < 4.78 is 10.6. The molecule has 2 heterocycles. The number of carbonyl (C=O) groups is 1. The lowest BCUT2D eigenvalue weighted by atomic mass is 10.2. The number of carbonyl (C=O) groups excluding carboxylic acids is 1. The monoisotopic (exact) mass is 358 g/mol. The molecule has 0 fully saturated rings. The molecule has 0 saturated heterocycles. The summed E-state index contributed by atoms with van der Waals surface area (Å²) in [5, 5.41) is 15.1. The molecule has 1 aliphatic heterocycles. The average Bonchev–Trinajstić information content (AvgIpc) is 3.16. The first-order valence-electron chi connectivity index (χ1n) is 8.16. The second kappa shape index (κ2) is 7.06. The van der Waals surface area contributed by atoms with E-state index in [0.717, 1.165) is 0 Å². The maximum absolute atomic E-state index is 12.5. The van der Waals surface area contributed by atoms with Crippen LogP contribution in [0.4, 0.5) is 17.1 Å². The zero-order valence-electron chi connectivity index (χ0n) is 14.1. The number of nitriles is 1. The molecule has 0 bridgehead atoms. The Bertz CT molecular complexity index is 1060. The molecule has 0 spiro atoms. The third-order valence-corrected chi connectivity index (χ3v) is 3.95. The highest BCUT2D eigenvalue weighted by molar-refractivity contribution is 6.03. The van der Waals surface area contributed by atoms with E-state index in [4.69, 9.17) is 9.47 Å². The zero-order chi connectivity index (χ0) is 18.6. The van der Waals surface area contributed by atoms with Gasteiger partial charge in [0.1, 0.15) is 11.8 Å². The summed E-state index contributed by atoms with van der Waals surface area (Å²) in [6, 6.07) is 17.8. The van der Waals surface area contributed by atoms with E-state index in [-0.39, 0.29) is 18.4 Å². The van der Waals surface area contributed by atoms with Gasteiger partial charge >= 0.3 is 0 Å². The van der Waals surface area contributed by atoms with Gasteiger partial charge in [-0.2, -0.15) is 5.26 Å². The maximum atomic E-state index is 12.5. The van der Waals surface area contributed by atoms with Crippen molar-refractivity contribution in [3.05, 3.63) is 72.1 Å². The minimum absolute atomic E-state index is 0.173. The molecule has 2 aromatic carbocycles. The van der Waals surface area contributed by atoms with E-state index in [2.05, 4.69) is 21.7 Å². The standard InChI is InChI=1S/C20H14N4O3/c21-11-13-3-1-2-4-16(13)23-15-7-8-22-17(9-15)20(25)24-14-5-6-18-19(10-14)27-12-26-18/h1-10H,12H2,(H,22,23)(H,24,25). The lowest BCUT2D eigenvalue weighted by Crippen LogP contribution is -2.13. The second-order valence-electron chi connectivity index (χ2n) is 5.73. The van der Waals surface area contributed by atoms with Crippen LogP contribution in [0.25, 0.3) is 0 Å². The van der Waals surface area contributed by atoms with Crippen molar-refractivity contribution in [1.29, 1.82) is 5.26 Å². The highest BCUT2D eigenvalue weighted by Gasteiger charge is 2.15. The SMILES string of the molecule is N#Cc1ccccc1Nc1ccnc(C(=O)Nc2ccc3c(c2)OCO3)c1.